The molecule has 0 aromatic heterocycles. The van der Waals surface area contributed by atoms with Crippen LogP contribution in [0.2, 0.25) is 0 Å². The van der Waals surface area contributed by atoms with E-state index in [1.807, 2.05) is 0 Å². The van der Waals surface area contributed by atoms with Gasteiger partial charge in [0.15, 0.2) is 0 Å². The molecule has 0 rings (SSSR count). The Morgan fingerprint density at radius 3 is 1.27 bits per heavy atom. The van der Waals surface area contributed by atoms with Crippen LogP contribution in [0.15, 0.2) is 0 Å². The maximum absolute atomic E-state index is 10.9. The number of unbranched alkanes of at least 4 members (excludes halogenated alkanes) is 19. The second kappa shape index (κ2) is 23.1. The van der Waals surface area contributed by atoms with E-state index in [2.05, 4.69) is 28.1 Å². The SMILES string of the molecule is CCCCCCCCCCCCCCCCCCCCCCOC(CC(=O)[O-])C[N+](C)(C)C. The van der Waals surface area contributed by atoms with E-state index in [4.69, 9.17) is 4.74 Å². The molecule has 4 heteroatoms. The number of carbonyl (C=O) groups excluding carboxylic acids is 1. The van der Waals surface area contributed by atoms with Gasteiger partial charge in [0.1, 0.15) is 12.6 Å². The maximum atomic E-state index is 10.9. The molecule has 0 aliphatic rings. The highest BCUT2D eigenvalue weighted by Crippen LogP contribution is 2.15. The summed E-state index contributed by atoms with van der Waals surface area (Å²) in [6.07, 6.45) is 27.3. The normalized spacial score (nSPS) is 12.8. The van der Waals surface area contributed by atoms with E-state index in [0.717, 1.165) is 6.42 Å². The van der Waals surface area contributed by atoms with E-state index in [1.165, 1.54) is 122 Å². The van der Waals surface area contributed by atoms with Gasteiger partial charge in [0, 0.05) is 19.0 Å². The Morgan fingerprint density at radius 2 is 0.970 bits per heavy atom. The molecule has 33 heavy (non-hydrogen) atoms. The predicted molar refractivity (Wildman–Crippen MR) is 140 cm³/mol. The van der Waals surface area contributed by atoms with Gasteiger partial charge in [0.25, 0.3) is 0 Å². The van der Waals surface area contributed by atoms with Crippen LogP contribution in [0.3, 0.4) is 0 Å². The molecule has 0 aromatic rings. The van der Waals surface area contributed by atoms with Gasteiger partial charge in [-0.2, -0.15) is 0 Å². The Labute approximate surface area is 207 Å². The Hall–Kier alpha value is -0.610. The van der Waals surface area contributed by atoms with Crippen molar-refractivity contribution in [3.05, 3.63) is 0 Å². The lowest BCUT2D eigenvalue weighted by Gasteiger charge is -2.29. The predicted octanol–water partition coefficient (Wildman–Crippen LogP) is 7.04. The standard InChI is InChI=1S/C29H59NO3/c1-5-6-7-8-9-10-11-12-13-14-15-16-17-18-19-20-21-22-23-24-25-33-28(26-29(31)32)27-30(2,3)4/h28H,5-27H2,1-4H3. The quantitative estimate of drug-likeness (QED) is 0.101. The van der Waals surface area contributed by atoms with Gasteiger partial charge in [-0.3, -0.25) is 0 Å². The third-order valence-electron chi connectivity index (χ3n) is 6.50. The van der Waals surface area contributed by atoms with Crippen LogP contribution in [0.5, 0.6) is 0 Å². The summed E-state index contributed by atoms with van der Waals surface area (Å²) in [6.45, 7) is 3.65. The third kappa shape index (κ3) is 27.5. The fourth-order valence-corrected chi connectivity index (χ4v) is 4.58. The van der Waals surface area contributed by atoms with Crippen molar-refractivity contribution in [1.82, 2.24) is 0 Å². The van der Waals surface area contributed by atoms with Crippen molar-refractivity contribution in [2.24, 2.45) is 0 Å². The molecular weight excluding hydrogens is 410 g/mol. The highest BCUT2D eigenvalue weighted by atomic mass is 16.5. The number of hydrogen-bond acceptors (Lipinski definition) is 3. The average Bonchev–Trinajstić information content (AvgIpc) is 2.73. The molecule has 0 saturated heterocycles. The largest absolute Gasteiger partial charge is 0.550 e. The number of nitrogens with zero attached hydrogens (tertiary/aromatic N) is 1. The lowest BCUT2D eigenvalue weighted by molar-refractivity contribution is -0.873. The molecule has 0 N–H and O–H groups in total. The Bertz CT molecular complexity index is 420. The number of quaternary nitrogens is 1. The molecule has 0 spiro atoms. The molecule has 0 amide bonds. The first-order chi connectivity index (χ1) is 15.8. The van der Waals surface area contributed by atoms with Crippen LogP contribution in [0.4, 0.5) is 0 Å². The molecule has 1 atom stereocenters. The molecule has 0 aliphatic heterocycles. The minimum atomic E-state index is -1.02. The smallest absolute Gasteiger partial charge is 0.112 e. The molecular formula is C29H59NO3. The summed E-state index contributed by atoms with van der Waals surface area (Å²) in [4.78, 5) is 10.9. The summed E-state index contributed by atoms with van der Waals surface area (Å²) in [6, 6.07) is 0. The van der Waals surface area contributed by atoms with E-state index in [1.54, 1.807) is 0 Å². The van der Waals surface area contributed by atoms with Gasteiger partial charge in [-0.05, 0) is 6.42 Å². The summed E-state index contributed by atoms with van der Waals surface area (Å²) in [5.41, 5.74) is 0. The molecule has 198 valence electrons. The molecule has 0 bridgehead atoms. The van der Waals surface area contributed by atoms with Crippen LogP contribution in [0.25, 0.3) is 0 Å². The minimum Gasteiger partial charge on any atom is -0.550 e. The number of carboxylic acid groups (broad SMARTS) is 1. The van der Waals surface area contributed by atoms with E-state index in [9.17, 15) is 9.90 Å². The van der Waals surface area contributed by atoms with Gasteiger partial charge in [-0.15, -0.1) is 0 Å². The van der Waals surface area contributed by atoms with E-state index in [-0.39, 0.29) is 12.5 Å². The molecule has 1 unspecified atom stereocenters. The molecule has 4 nitrogen and oxygen atoms in total. The first kappa shape index (κ1) is 32.4. The van der Waals surface area contributed by atoms with Crippen LogP contribution in [-0.2, 0) is 9.53 Å². The lowest BCUT2D eigenvalue weighted by Crippen LogP contribution is -2.44. The number of likely N-dealkylation sites (N-methyl/N-ethyl adjacent to an activating group) is 1. The van der Waals surface area contributed by atoms with Gasteiger partial charge in [-0.1, -0.05) is 129 Å². The van der Waals surface area contributed by atoms with Gasteiger partial charge in [0.05, 0.1) is 21.1 Å². The van der Waals surface area contributed by atoms with Crippen LogP contribution in [-0.4, -0.2) is 50.9 Å². The van der Waals surface area contributed by atoms with Crippen LogP contribution < -0.4 is 5.11 Å². The summed E-state index contributed by atoms with van der Waals surface area (Å²) in [5, 5.41) is 10.9. The van der Waals surface area contributed by atoms with Gasteiger partial charge in [-0.25, -0.2) is 0 Å². The molecule has 0 heterocycles. The Balaban J connectivity index is 3.31. The average molecular weight is 470 g/mol. The fourth-order valence-electron chi connectivity index (χ4n) is 4.58. The summed E-state index contributed by atoms with van der Waals surface area (Å²) in [5.74, 6) is -1.02. The molecule has 0 fully saturated rings. The second-order valence-electron chi connectivity index (χ2n) is 11.3. The van der Waals surface area contributed by atoms with E-state index < -0.39 is 5.97 Å². The number of ether oxygens (including phenoxy) is 1. The van der Waals surface area contributed by atoms with Crippen LogP contribution in [0, 0.1) is 0 Å². The zero-order valence-corrected chi connectivity index (χ0v) is 23.0. The number of carbonyl (C=O) groups is 1. The third-order valence-corrected chi connectivity index (χ3v) is 6.50. The van der Waals surface area contributed by atoms with Crippen molar-refractivity contribution in [1.29, 1.82) is 0 Å². The molecule has 0 aliphatic carbocycles. The minimum absolute atomic E-state index is 0.00524. The fraction of sp³-hybridized carbons (Fsp3) is 0.966. The van der Waals surface area contributed by atoms with Crippen molar-refractivity contribution >= 4 is 5.97 Å². The number of rotatable bonds is 26. The Morgan fingerprint density at radius 1 is 0.636 bits per heavy atom. The van der Waals surface area contributed by atoms with E-state index in [0.29, 0.717) is 17.6 Å². The van der Waals surface area contributed by atoms with Crippen molar-refractivity contribution in [2.45, 2.75) is 148 Å². The zero-order valence-electron chi connectivity index (χ0n) is 23.0. The summed E-state index contributed by atoms with van der Waals surface area (Å²) < 4.78 is 6.54. The molecule has 0 aromatic carbocycles. The molecule has 0 radical (unpaired) electrons. The van der Waals surface area contributed by atoms with Gasteiger partial charge >= 0.3 is 0 Å². The number of aliphatic carboxylic acids is 1. The monoisotopic (exact) mass is 469 g/mol. The van der Waals surface area contributed by atoms with Crippen molar-refractivity contribution < 1.29 is 19.1 Å². The van der Waals surface area contributed by atoms with Crippen LogP contribution in [0.1, 0.15) is 142 Å². The Kier molecular flexibility index (Phi) is 22.7. The van der Waals surface area contributed by atoms with Crippen molar-refractivity contribution in [2.75, 3.05) is 34.3 Å². The highest BCUT2D eigenvalue weighted by molar-refractivity contribution is 5.64. The maximum Gasteiger partial charge on any atom is 0.112 e. The topological polar surface area (TPSA) is 49.4 Å². The first-order valence-electron chi connectivity index (χ1n) is 14.5. The zero-order chi connectivity index (χ0) is 24.6. The van der Waals surface area contributed by atoms with Gasteiger partial charge in [0.2, 0.25) is 0 Å². The summed E-state index contributed by atoms with van der Waals surface area (Å²) in [7, 11) is 6.18. The molecule has 0 saturated carbocycles. The van der Waals surface area contributed by atoms with Crippen molar-refractivity contribution in [3.63, 3.8) is 0 Å². The van der Waals surface area contributed by atoms with E-state index >= 15 is 0 Å². The first-order valence-corrected chi connectivity index (χ1v) is 14.5. The number of carboxylic acids is 1. The van der Waals surface area contributed by atoms with Crippen LogP contribution >= 0.6 is 0 Å². The second-order valence-corrected chi connectivity index (χ2v) is 11.3. The van der Waals surface area contributed by atoms with Gasteiger partial charge < -0.3 is 19.1 Å². The number of hydrogen-bond donors (Lipinski definition) is 0. The highest BCUT2D eigenvalue weighted by Gasteiger charge is 2.18. The lowest BCUT2D eigenvalue weighted by atomic mass is 10.0. The summed E-state index contributed by atoms with van der Waals surface area (Å²) >= 11 is 0. The van der Waals surface area contributed by atoms with Crippen molar-refractivity contribution in [3.8, 4) is 0 Å².